The number of ketones is 1. The first kappa shape index (κ1) is 14.0. The predicted octanol–water partition coefficient (Wildman–Crippen LogP) is 1.47. The van der Waals surface area contributed by atoms with E-state index in [9.17, 15) is 22.8 Å². The first-order chi connectivity index (χ1) is 7.65. The van der Waals surface area contributed by atoms with E-state index in [1.54, 1.807) is 0 Å². The molecule has 7 heteroatoms. The van der Waals surface area contributed by atoms with Crippen LogP contribution < -0.4 is 0 Å². The zero-order chi connectivity index (χ0) is 13.4. The number of carbonyl (C=O) groups excluding carboxylic acids is 2. The van der Waals surface area contributed by atoms with Crippen LogP contribution in [0.15, 0.2) is 0 Å². The molecule has 0 aromatic rings. The van der Waals surface area contributed by atoms with Crippen LogP contribution in [0.1, 0.15) is 20.8 Å². The second kappa shape index (κ2) is 4.29. The number of hydrogen-bond donors (Lipinski definition) is 0. The molecule has 3 atom stereocenters. The summed E-state index contributed by atoms with van der Waals surface area (Å²) in [6.45, 7) is 3.32. The van der Waals surface area contributed by atoms with E-state index >= 15 is 0 Å². The van der Waals surface area contributed by atoms with Gasteiger partial charge in [-0.25, -0.2) is 4.79 Å². The van der Waals surface area contributed by atoms with E-state index in [0.717, 1.165) is 13.8 Å². The molecule has 98 valence electrons. The van der Waals surface area contributed by atoms with Crippen molar-refractivity contribution in [2.45, 2.75) is 38.7 Å². The van der Waals surface area contributed by atoms with E-state index in [1.807, 2.05) is 0 Å². The van der Waals surface area contributed by atoms with Gasteiger partial charge in [0.2, 0.25) is 6.10 Å². The van der Waals surface area contributed by atoms with Crippen LogP contribution in [-0.2, 0) is 19.1 Å². The molecule has 0 spiro atoms. The van der Waals surface area contributed by atoms with Crippen LogP contribution in [0, 0.1) is 5.92 Å². The van der Waals surface area contributed by atoms with Crippen molar-refractivity contribution < 1.29 is 32.2 Å². The minimum absolute atomic E-state index is 0.0247. The van der Waals surface area contributed by atoms with Gasteiger partial charge in [0, 0.05) is 0 Å². The second-order valence-electron chi connectivity index (χ2n) is 3.98. The minimum atomic E-state index is -4.72. The number of ether oxygens (including phenoxy) is 2. The third-order valence-electron chi connectivity index (χ3n) is 2.94. The first-order valence-electron chi connectivity index (χ1n) is 5.10. The van der Waals surface area contributed by atoms with Crippen LogP contribution in [0.3, 0.4) is 0 Å². The van der Waals surface area contributed by atoms with Crippen LogP contribution in [0.4, 0.5) is 13.2 Å². The van der Waals surface area contributed by atoms with Crippen molar-refractivity contribution in [1.82, 2.24) is 0 Å². The van der Waals surface area contributed by atoms with E-state index in [-0.39, 0.29) is 6.61 Å². The molecule has 0 bridgehead atoms. The molecule has 0 saturated carbocycles. The summed E-state index contributed by atoms with van der Waals surface area (Å²) in [4.78, 5) is 22.8. The van der Waals surface area contributed by atoms with Gasteiger partial charge in [0.05, 0.1) is 12.5 Å². The van der Waals surface area contributed by atoms with E-state index in [2.05, 4.69) is 9.47 Å². The highest BCUT2D eigenvalue weighted by molar-refractivity contribution is 6.05. The second-order valence-corrected chi connectivity index (χ2v) is 3.98. The molecule has 1 saturated heterocycles. The van der Waals surface area contributed by atoms with E-state index in [0.29, 0.717) is 0 Å². The number of rotatable bonds is 2. The van der Waals surface area contributed by atoms with Gasteiger partial charge in [-0.2, -0.15) is 13.2 Å². The molecule has 17 heavy (non-hydrogen) atoms. The Bertz CT molecular complexity index is 339. The lowest BCUT2D eigenvalue weighted by Gasteiger charge is -2.29. The van der Waals surface area contributed by atoms with Crippen molar-refractivity contribution >= 4 is 11.8 Å². The lowest BCUT2D eigenvalue weighted by molar-refractivity contribution is -0.274. The minimum Gasteiger partial charge on any atom is -0.464 e. The maximum absolute atomic E-state index is 12.8. The van der Waals surface area contributed by atoms with E-state index < -0.39 is 35.6 Å². The molecular formula is C10H13F3O4. The fraction of sp³-hybridized carbons (Fsp3) is 0.800. The number of halogens is 3. The largest absolute Gasteiger partial charge is 0.464 e. The van der Waals surface area contributed by atoms with Crippen LogP contribution in [0.25, 0.3) is 0 Å². The molecule has 0 N–H and O–H groups in total. The molecule has 0 aromatic heterocycles. The topological polar surface area (TPSA) is 52.6 Å². The van der Waals surface area contributed by atoms with Gasteiger partial charge in [0.25, 0.3) is 0 Å². The summed E-state index contributed by atoms with van der Waals surface area (Å²) in [6.07, 6.45) is -6.50. The summed E-state index contributed by atoms with van der Waals surface area (Å²) < 4.78 is 47.4. The molecule has 1 heterocycles. The Hall–Kier alpha value is -1.11. The average Bonchev–Trinajstić information content (AvgIpc) is 2.43. The fourth-order valence-corrected chi connectivity index (χ4v) is 1.60. The number of Topliss-reactive ketones (excluding diaryl/α,β-unsaturated/α-hetero) is 1. The molecule has 1 aliphatic rings. The highest BCUT2D eigenvalue weighted by Crippen LogP contribution is 2.45. The monoisotopic (exact) mass is 254 g/mol. The van der Waals surface area contributed by atoms with E-state index in [4.69, 9.17) is 0 Å². The lowest BCUT2D eigenvalue weighted by Crippen LogP contribution is -2.47. The van der Waals surface area contributed by atoms with Crippen molar-refractivity contribution in [1.29, 1.82) is 0 Å². The highest BCUT2D eigenvalue weighted by Gasteiger charge is 2.65. The molecule has 1 rings (SSSR count). The summed E-state index contributed by atoms with van der Waals surface area (Å²) in [5, 5.41) is 0. The van der Waals surface area contributed by atoms with Gasteiger partial charge in [-0.05, 0) is 13.8 Å². The summed E-state index contributed by atoms with van der Waals surface area (Å²) in [5.41, 5.74) is -2.64. The van der Waals surface area contributed by atoms with Crippen LogP contribution in [0.2, 0.25) is 0 Å². The molecule has 3 unspecified atom stereocenters. The summed E-state index contributed by atoms with van der Waals surface area (Å²) in [7, 11) is 0. The van der Waals surface area contributed by atoms with Crippen LogP contribution in [-0.4, -0.2) is 36.2 Å². The van der Waals surface area contributed by atoms with Gasteiger partial charge in [-0.3, -0.25) is 4.79 Å². The first-order valence-corrected chi connectivity index (χ1v) is 5.10. The predicted molar refractivity (Wildman–Crippen MR) is 50.1 cm³/mol. The molecule has 1 aliphatic heterocycles. The summed E-state index contributed by atoms with van der Waals surface area (Å²) in [5.74, 6) is -3.41. The fourth-order valence-electron chi connectivity index (χ4n) is 1.60. The van der Waals surface area contributed by atoms with Crippen molar-refractivity contribution in [3.05, 3.63) is 0 Å². The van der Waals surface area contributed by atoms with Crippen molar-refractivity contribution in [3.63, 3.8) is 0 Å². The third kappa shape index (κ3) is 2.15. The Kier molecular flexibility index (Phi) is 3.52. The van der Waals surface area contributed by atoms with Crippen molar-refractivity contribution in [2.75, 3.05) is 6.61 Å². The molecule has 4 nitrogen and oxygen atoms in total. The zero-order valence-electron chi connectivity index (χ0n) is 9.63. The summed E-state index contributed by atoms with van der Waals surface area (Å²) in [6, 6.07) is 0. The van der Waals surface area contributed by atoms with Crippen LogP contribution in [0.5, 0.6) is 0 Å². The Morgan fingerprint density at radius 2 is 2.06 bits per heavy atom. The van der Waals surface area contributed by atoms with Crippen LogP contribution >= 0.6 is 0 Å². The Labute approximate surface area is 96.1 Å². The lowest BCUT2D eigenvalue weighted by atomic mass is 9.88. The number of esters is 1. The maximum atomic E-state index is 12.8. The quantitative estimate of drug-likeness (QED) is 0.553. The van der Waals surface area contributed by atoms with Crippen molar-refractivity contribution in [2.24, 2.45) is 5.92 Å². The van der Waals surface area contributed by atoms with Gasteiger partial charge < -0.3 is 9.47 Å². The smallest absolute Gasteiger partial charge is 0.417 e. The molecule has 0 aliphatic carbocycles. The van der Waals surface area contributed by atoms with Gasteiger partial charge in [0.1, 0.15) is 0 Å². The van der Waals surface area contributed by atoms with Crippen molar-refractivity contribution in [3.8, 4) is 0 Å². The molecular weight excluding hydrogens is 241 g/mol. The Morgan fingerprint density at radius 1 is 1.53 bits per heavy atom. The van der Waals surface area contributed by atoms with Gasteiger partial charge >= 0.3 is 12.1 Å². The normalized spacial score (nSPS) is 33.9. The number of alkyl halides is 3. The SMILES string of the molecule is CCOC(=O)C1OC(C)(C(F)(F)F)C(C)C1=O. The van der Waals surface area contributed by atoms with Gasteiger partial charge in [-0.15, -0.1) is 0 Å². The molecule has 0 radical (unpaired) electrons. The third-order valence-corrected chi connectivity index (χ3v) is 2.94. The Morgan fingerprint density at radius 3 is 2.41 bits per heavy atom. The Balaban J connectivity index is 2.98. The standard InChI is InChI=1S/C10H13F3O4/c1-4-16-8(15)7-6(14)5(2)9(3,17-7)10(11,12)13/h5,7H,4H2,1-3H3. The highest BCUT2D eigenvalue weighted by atomic mass is 19.4. The van der Waals surface area contributed by atoms with Gasteiger partial charge in [-0.1, -0.05) is 6.92 Å². The molecule has 0 amide bonds. The maximum Gasteiger partial charge on any atom is 0.417 e. The molecule has 0 aromatic carbocycles. The number of carbonyl (C=O) groups is 2. The molecule has 1 fully saturated rings. The number of hydrogen-bond acceptors (Lipinski definition) is 4. The van der Waals surface area contributed by atoms with E-state index in [1.165, 1.54) is 6.92 Å². The summed E-state index contributed by atoms with van der Waals surface area (Å²) >= 11 is 0. The van der Waals surface area contributed by atoms with Gasteiger partial charge in [0.15, 0.2) is 11.4 Å². The zero-order valence-corrected chi connectivity index (χ0v) is 9.63. The average molecular weight is 254 g/mol.